The van der Waals surface area contributed by atoms with Crippen molar-refractivity contribution in [3.05, 3.63) is 12.2 Å². The molecule has 46 heavy (non-hydrogen) atoms. The Morgan fingerprint density at radius 1 is 0.848 bits per heavy atom. The van der Waals surface area contributed by atoms with Gasteiger partial charge in [-0.15, -0.1) is 0 Å². The number of hydrogen-bond acceptors (Lipinski definition) is 5. The lowest BCUT2D eigenvalue weighted by atomic mass is 9.32. The van der Waals surface area contributed by atoms with Crippen molar-refractivity contribution in [1.82, 2.24) is 5.32 Å². The SMILES string of the molecule is C=C(C)[C@@H]1CC[C@]2(C(=O)NCC(=O)O)CC[C@]3(C)[C@H](CC[C@@H]4[C@@]5(C)CC[C@H](OC(=O)CC(C)(C)C(=O)O)C(C)(C)[C@@H]5CC[C@]43C)[C@@H]12. The molecule has 0 heterocycles. The molecule has 0 aromatic carbocycles. The fourth-order valence-corrected chi connectivity index (χ4v) is 12.7. The Bertz CT molecular complexity index is 1300. The van der Waals surface area contributed by atoms with Gasteiger partial charge < -0.3 is 20.3 Å². The number of carbonyl (C=O) groups is 4. The molecular formula is C38H59NO7. The summed E-state index contributed by atoms with van der Waals surface area (Å²) in [5, 5.41) is 21.7. The molecule has 0 aromatic heterocycles. The first kappa shape index (κ1) is 34.9. The fourth-order valence-electron chi connectivity index (χ4n) is 12.7. The number of fused-ring (bicyclic) bond motifs is 7. The van der Waals surface area contributed by atoms with Gasteiger partial charge in [-0.25, -0.2) is 0 Å². The number of rotatable bonds is 8. The van der Waals surface area contributed by atoms with E-state index in [9.17, 15) is 29.4 Å². The normalized spacial score (nSPS) is 42.8. The molecule has 1 amide bonds. The highest BCUT2D eigenvalue weighted by Crippen LogP contribution is 2.77. The number of aliphatic carboxylic acids is 2. The highest BCUT2D eigenvalue weighted by Gasteiger charge is 2.72. The van der Waals surface area contributed by atoms with Gasteiger partial charge in [0.1, 0.15) is 12.6 Å². The van der Waals surface area contributed by atoms with E-state index in [0.29, 0.717) is 17.8 Å². The molecule has 0 saturated heterocycles. The van der Waals surface area contributed by atoms with Crippen LogP contribution in [-0.4, -0.2) is 46.7 Å². The highest BCUT2D eigenvalue weighted by molar-refractivity contribution is 5.87. The molecule has 0 aliphatic heterocycles. The second-order valence-electron chi connectivity index (χ2n) is 18.1. The molecule has 5 rings (SSSR count). The van der Waals surface area contributed by atoms with Crippen LogP contribution in [0.3, 0.4) is 0 Å². The van der Waals surface area contributed by atoms with Crippen molar-refractivity contribution in [2.75, 3.05) is 6.54 Å². The van der Waals surface area contributed by atoms with Crippen LogP contribution in [0.4, 0.5) is 0 Å². The molecule has 0 unspecified atom stereocenters. The summed E-state index contributed by atoms with van der Waals surface area (Å²) in [5.74, 6) is -0.833. The minimum Gasteiger partial charge on any atom is -0.481 e. The first-order valence-electron chi connectivity index (χ1n) is 17.8. The summed E-state index contributed by atoms with van der Waals surface area (Å²) in [5.41, 5.74) is -0.599. The summed E-state index contributed by atoms with van der Waals surface area (Å²) < 4.78 is 6.12. The molecule has 10 atom stereocenters. The molecule has 0 aromatic rings. The van der Waals surface area contributed by atoms with Gasteiger partial charge in [0.15, 0.2) is 0 Å². The number of ether oxygens (including phenoxy) is 1. The van der Waals surface area contributed by atoms with Crippen LogP contribution in [0.15, 0.2) is 12.2 Å². The van der Waals surface area contributed by atoms with E-state index in [0.717, 1.165) is 69.8 Å². The van der Waals surface area contributed by atoms with Crippen molar-refractivity contribution in [3.63, 3.8) is 0 Å². The van der Waals surface area contributed by atoms with E-state index in [1.165, 1.54) is 0 Å². The molecule has 0 bridgehead atoms. The van der Waals surface area contributed by atoms with E-state index < -0.39 is 28.7 Å². The van der Waals surface area contributed by atoms with Gasteiger partial charge in [-0.05, 0) is 131 Å². The monoisotopic (exact) mass is 641 g/mol. The van der Waals surface area contributed by atoms with E-state index in [-0.39, 0.29) is 58.5 Å². The molecule has 258 valence electrons. The number of carboxylic acid groups (broad SMARTS) is 2. The van der Waals surface area contributed by atoms with Crippen LogP contribution >= 0.6 is 0 Å². The van der Waals surface area contributed by atoms with Gasteiger partial charge in [-0.2, -0.15) is 0 Å². The Hall–Kier alpha value is -2.38. The third-order valence-electron chi connectivity index (χ3n) is 15.3. The largest absolute Gasteiger partial charge is 0.481 e. The lowest BCUT2D eigenvalue weighted by molar-refractivity contribution is -0.249. The van der Waals surface area contributed by atoms with Crippen LogP contribution in [0.1, 0.15) is 126 Å². The minimum atomic E-state index is -1.16. The second-order valence-corrected chi connectivity index (χ2v) is 18.1. The van der Waals surface area contributed by atoms with Crippen LogP contribution in [0, 0.1) is 62.1 Å². The van der Waals surface area contributed by atoms with Crippen molar-refractivity contribution in [1.29, 1.82) is 0 Å². The quantitative estimate of drug-likeness (QED) is 0.188. The summed E-state index contributed by atoms with van der Waals surface area (Å²) >= 11 is 0. The Balaban J connectivity index is 1.42. The molecule has 0 spiro atoms. The van der Waals surface area contributed by atoms with Crippen molar-refractivity contribution in [2.24, 2.45) is 62.1 Å². The Labute approximate surface area is 275 Å². The van der Waals surface area contributed by atoms with E-state index in [2.05, 4.69) is 53.4 Å². The van der Waals surface area contributed by atoms with Gasteiger partial charge in [0, 0.05) is 5.41 Å². The Morgan fingerprint density at radius 3 is 2.13 bits per heavy atom. The fraction of sp³-hybridized carbons (Fsp3) is 0.842. The third kappa shape index (κ3) is 5.05. The van der Waals surface area contributed by atoms with E-state index in [4.69, 9.17) is 4.74 Å². The molecule has 8 nitrogen and oxygen atoms in total. The summed E-state index contributed by atoms with van der Waals surface area (Å²) in [6.07, 6.45) is 9.15. The number of amides is 1. The first-order valence-corrected chi connectivity index (χ1v) is 17.8. The van der Waals surface area contributed by atoms with Crippen molar-refractivity contribution < 1.29 is 34.1 Å². The zero-order chi connectivity index (χ0) is 34.3. The minimum absolute atomic E-state index is 0.0407. The topological polar surface area (TPSA) is 130 Å². The number of esters is 1. The average molecular weight is 642 g/mol. The summed E-state index contributed by atoms with van der Waals surface area (Å²) in [6, 6.07) is 0. The molecule has 0 radical (unpaired) electrons. The summed E-state index contributed by atoms with van der Waals surface area (Å²) in [7, 11) is 0. The van der Waals surface area contributed by atoms with Crippen LogP contribution in [-0.2, 0) is 23.9 Å². The van der Waals surface area contributed by atoms with Gasteiger partial charge >= 0.3 is 17.9 Å². The summed E-state index contributed by atoms with van der Waals surface area (Å²) in [6.45, 7) is 21.4. The van der Waals surface area contributed by atoms with Crippen molar-refractivity contribution in [3.8, 4) is 0 Å². The predicted octanol–water partition coefficient (Wildman–Crippen LogP) is 7.26. The van der Waals surface area contributed by atoms with Crippen LogP contribution in [0.25, 0.3) is 0 Å². The van der Waals surface area contributed by atoms with Crippen LogP contribution in [0.5, 0.6) is 0 Å². The molecule has 5 aliphatic rings. The highest BCUT2D eigenvalue weighted by atomic mass is 16.5. The number of carbonyl (C=O) groups excluding carboxylic acids is 2. The van der Waals surface area contributed by atoms with Gasteiger partial charge in [-0.1, -0.05) is 46.8 Å². The van der Waals surface area contributed by atoms with E-state index in [1.807, 2.05) is 0 Å². The van der Waals surface area contributed by atoms with Crippen molar-refractivity contribution in [2.45, 2.75) is 132 Å². The molecule has 8 heteroatoms. The van der Waals surface area contributed by atoms with Crippen molar-refractivity contribution >= 4 is 23.8 Å². The zero-order valence-corrected chi connectivity index (χ0v) is 29.6. The molecular weight excluding hydrogens is 582 g/mol. The number of nitrogens with one attached hydrogen (secondary N) is 1. The first-order chi connectivity index (χ1) is 21.2. The molecule has 5 aliphatic carbocycles. The summed E-state index contributed by atoms with van der Waals surface area (Å²) in [4.78, 5) is 49.9. The maximum atomic E-state index is 13.9. The van der Waals surface area contributed by atoms with Crippen LogP contribution in [0.2, 0.25) is 0 Å². The maximum Gasteiger partial charge on any atom is 0.322 e. The molecule has 3 N–H and O–H groups in total. The predicted molar refractivity (Wildman–Crippen MR) is 176 cm³/mol. The van der Waals surface area contributed by atoms with Crippen LogP contribution < -0.4 is 5.32 Å². The standard InChI is InChI=1S/C38H59NO7/c1-22(2)23-12-17-38(31(43)39-21-28(40)41)19-18-36(8)24(30(23)38)10-11-26-35(7)15-14-27(46-29(42)20-33(3,4)32(44)45)34(5,6)25(35)13-16-37(26,36)9/h23-27,30H,1,10-21H2,2-9H3,(H,39,43)(H,40,41)(H,44,45)/t23-,24+,25-,26+,27-,30+,35-,36+,37+,38-/m0/s1. The number of hydrogen-bond donors (Lipinski definition) is 3. The Morgan fingerprint density at radius 2 is 1.52 bits per heavy atom. The second kappa shape index (κ2) is 11.4. The van der Waals surface area contributed by atoms with Gasteiger partial charge in [0.25, 0.3) is 0 Å². The average Bonchev–Trinajstić information content (AvgIpc) is 3.34. The van der Waals surface area contributed by atoms with Gasteiger partial charge in [-0.3, -0.25) is 19.2 Å². The van der Waals surface area contributed by atoms with Gasteiger partial charge in [0.05, 0.1) is 17.3 Å². The molecule has 5 saturated carbocycles. The number of carboxylic acids is 2. The van der Waals surface area contributed by atoms with E-state index >= 15 is 0 Å². The number of allylic oxidation sites excluding steroid dienone is 1. The molecule has 5 fully saturated rings. The zero-order valence-electron chi connectivity index (χ0n) is 29.6. The van der Waals surface area contributed by atoms with E-state index in [1.54, 1.807) is 13.8 Å². The maximum absolute atomic E-state index is 13.9. The van der Waals surface area contributed by atoms with Gasteiger partial charge in [0.2, 0.25) is 5.91 Å². The smallest absolute Gasteiger partial charge is 0.322 e. The Kier molecular flexibility index (Phi) is 8.63. The lowest BCUT2D eigenvalue weighted by Crippen LogP contribution is -2.67. The lowest BCUT2D eigenvalue weighted by Gasteiger charge is -2.72. The third-order valence-corrected chi connectivity index (χ3v) is 15.3.